The molecule has 0 spiro atoms. The molecule has 0 fully saturated rings. The van der Waals surface area contributed by atoms with Crippen molar-refractivity contribution in [1.29, 1.82) is 0 Å². The summed E-state index contributed by atoms with van der Waals surface area (Å²) >= 11 is 11.4. The Hall–Kier alpha value is -0.930. The third-order valence-corrected chi connectivity index (χ3v) is 2.19. The molecule has 5 heteroatoms. The number of hydrogen-bond donors (Lipinski definition) is 2. The van der Waals surface area contributed by atoms with E-state index in [1.54, 1.807) is 0 Å². The van der Waals surface area contributed by atoms with Crippen LogP contribution >= 0.6 is 23.2 Å². The van der Waals surface area contributed by atoms with Crippen LogP contribution in [0.1, 0.15) is 5.56 Å². The Morgan fingerprint density at radius 3 is 2.54 bits per heavy atom. The van der Waals surface area contributed by atoms with Gasteiger partial charge in [0.1, 0.15) is 0 Å². The Balaban J connectivity index is 3.08. The van der Waals surface area contributed by atoms with Crippen LogP contribution in [0.3, 0.4) is 0 Å². The van der Waals surface area contributed by atoms with E-state index in [0.29, 0.717) is 21.3 Å². The lowest BCUT2D eigenvalue weighted by atomic mass is 10.1. The van der Waals surface area contributed by atoms with Gasteiger partial charge >= 0.3 is 5.97 Å². The van der Waals surface area contributed by atoms with Crippen LogP contribution in [0.5, 0.6) is 0 Å². The average Bonchev–Trinajstić information content (AvgIpc) is 1.99. The zero-order chi connectivity index (χ0) is 10.0. The Labute approximate surface area is 85.1 Å². The summed E-state index contributed by atoms with van der Waals surface area (Å²) in [4.78, 5) is 10.4. The van der Waals surface area contributed by atoms with E-state index in [1.165, 1.54) is 12.1 Å². The van der Waals surface area contributed by atoms with Crippen LogP contribution in [0.2, 0.25) is 10.0 Å². The normalized spacial score (nSPS) is 10.0. The molecule has 0 aliphatic carbocycles. The molecule has 3 N–H and O–H groups in total. The summed E-state index contributed by atoms with van der Waals surface area (Å²) in [5, 5.41) is 9.17. The lowest BCUT2D eigenvalue weighted by Gasteiger charge is -2.04. The predicted molar refractivity (Wildman–Crippen MR) is 52.2 cm³/mol. The third kappa shape index (κ3) is 2.50. The summed E-state index contributed by atoms with van der Waals surface area (Å²) in [5.74, 6) is -0.955. The first kappa shape index (κ1) is 10.2. The SMILES string of the molecule is Nc1cc(CC(=O)O)c(Cl)cc1Cl. The number of aliphatic carboxylic acids is 1. The van der Waals surface area contributed by atoms with E-state index >= 15 is 0 Å². The molecule has 0 saturated heterocycles. The largest absolute Gasteiger partial charge is 0.481 e. The summed E-state index contributed by atoms with van der Waals surface area (Å²) in [6, 6.07) is 2.91. The van der Waals surface area contributed by atoms with E-state index < -0.39 is 5.97 Å². The van der Waals surface area contributed by atoms with Crippen molar-refractivity contribution in [3.05, 3.63) is 27.7 Å². The molecule has 70 valence electrons. The minimum atomic E-state index is -0.955. The molecule has 0 bridgehead atoms. The van der Waals surface area contributed by atoms with Gasteiger partial charge in [-0.25, -0.2) is 0 Å². The quantitative estimate of drug-likeness (QED) is 0.751. The molecule has 0 heterocycles. The molecule has 13 heavy (non-hydrogen) atoms. The highest BCUT2D eigenvalue weighted by atomic mass is 35.5. The van der Waals surface area contributed by atoms with Gasteiger partial charge in [-0.15, -0.1) is 0 Å². The van der Waals surface area contributed by atoms with Gasteiger partial charge < -0.3 is 10.8 Å². The van der Waals surface area contributed by atoms with E-state index in [2.05, 4.69) is 0 Å². The molecule has 1 rings (SSSR count). The van der Waals surface area contributed by atoms with Gasteiger partial charge in [0.25, 0.3) is 0 Å². The Kier molecular flexibility index (Phi) is 3.01. The van der Waals surface area contributed by atoms with Crippen molar-refractivity contribution < 1.29 is 9.90 Å². The van der Waals surface area contributed by atoms with Crippen LogP contribution < -0.4 is 5.73 Å². The number of carboxylic acid groups (broad SMARTS) is 1. The van der Waals surface area contributed by atoms with Crippen LogP contribution in [0.25, 0.3) is 0 Å². The Morgan fingerprint density at radius 1 is 1.38 bits per heavy atom. The van der Waals surface area contributed by atoms with Gasteiger partial charge in [0.05, 0.1) is 17.1 Å². The lowest BCUT2D eigenvalue weighted by Crippen LogP contribution is -2.01. The first-order valence-corrected chi connectivity index (χ1v) is 4.21. The predicted octanol–water partition coefficient (Wildman–Crippen LogP) is 2.20. The number of anilines is 1. The summed E-state index contributed by atoms with van der Waals surface area (Å²) in [6.07, 6.45) is -0.153. The van der Waals surface area contributed by atoms with Crippen LogP contribution in [-0.2, 0) is 11.2 Å². The third-order valence-electron chi connectivity index (χ3n) is 1.51. The molecule has 1 aromatic carbocycles. The number of carbonyl (C=O) groups is 1. The second kappa shape index (κ2) is 3.85. The molecule has 0 atom stereocenters. The van der Waals surface area contributed by atoms with E-state index in [1.807, 2.05) is 0 Å². The monoisotopic (exact) mass is 219 g/mol. The highest BCUT2D eigenvalue weighted by Crippen LogP contribution is 2.27. The number of carboxylic acids is 1. The fourth-order valence-electron chi connectivity index (χ4n) is 0.911. The van der Waals surface area contributed by atoms with Crippen LogP contribution in [0, 0.1) is 0 Å². The molecule has 0 amide bonds. The van der Waals surface area contributed by atoms with Gasteiger partial charge in [0.2, 0.25) is 0 Å². The minimum absolute atomic E-state index is 0.153. The smallest absolute Gasteiger partial charge is 0.307 e. The minimum Gasteiger partial charge on any atom is -0.481 e. The number of halogens is 2. The van der Waals surface area contributed by atoms with E-state index in [-0.39, 0.29) is 6.42 Å². The first-order valence-electron chi connectivity index (χ1n) is 3.46. The van der Waals surface area contributed by atoms with Gasteiger partial charge in [-0.1, -0.05) is 23.2 Å². The lowest BCUT2D eigenvalue weighted by molar-refractivity contribution is -0.136. The maximum Gasteiger partial charge on any atom is 0.307 e. The standard InChI is InChI=1S/C8H7Cl2NO2/c9-5-3-6(10)7(11)1-4(5)2-8(12)13/h1,3H,2,11H2,(H,12,13). The zero-order valence-electron chi connectivity index (χ0n) is 6.55. The maximum atomic E-state index is 10.4. The fourth-order valence-corrected chi connectivity index (χ4v) is 1.36. The summed E-state index contributed by atoms with van der Waals surface area (Å²) in [7, 11) is 0. The number of hydrogen-bond acceptors (Lipinski definition) is 2. The topological polar surface area (TPSA) is 63.3 Å². The van der Waals surface area contributed by atoms with Gasteiger partial charge in [-0.3, -0.25) is 4.79 Å². The Morgan fingerprint density at radius 2 is 2.00 bits per heavy atom. The van der Waals surface area contributed by atoms with Crippen LogP contribution in [-0.4, -0.2) is 11.1 Å². The van der Waals surface area contributed by atoms with E-state index in [9.17, 15) is 4.79 Å². The number of nitrogen functional groups attached to an aromatic ring is 1. The molecule has 3 nitrogen and oxygen atoms in total. The molecular weight excluding hydrogens is 213 g/mol. The molecule has 0 radical (unpaired) electrons. The van der Waals surface area contributed by atoms with Crippen molar-refractivity contribution in [2.24, 2.45) is 0 Å². The first-order chi connectivity index (χ1) is 6.00. The van der Waals surface area contributed by atoms with Crippen molar-refractivity contribution in [2.45, 2.75) is 6.42 Å². The van der Waals surface area contributed by atoms with Crippen molar-refractivity contribution in [2.75, 3.05) is 5.73 Å². The average molecular weight is 220 g/mol. The van der Waals surface area contributed by atoms with Crippen LogP contribution in [0.15, 0.2) is 12.1 Å². The summed E-state index contributed by atoms with van der Waals surface area (Å²) < 4.78 is 0. The van der Waals surface area contributed by atoms with Crippen molar-refractivity contribution in [3.8, 4) is 0 Å². The van der Waals surface area contributed by atoms with Gasteiger partial charge in [0, 0.05) is 5.02 Å². The van der Waals surface area contributed by atoms with Gasteiger partial charge in [-0.05, 0) is 17.7 Å². The zero-order valence-corrected chi connectivity index (χ0v) is 8.06. The van der Waals surface area contributed by atoms with E-state index in [0.717, 1.165) is 0 Å². The van der Waals surface area contributed by atoms with Crippen LogP contribution in [0.4, 0.5) is 5.69 Å². The summed E-state index contributed by atoms with van der Waals surface area (Å²) in [5.41, 5.74) is 6.29. The van der Waals surface area contributed by atoms with Crippen molar-refractivity contribution >= 4 is 34.9 Å². The second-order valence-corrected chi connectivity index (χ2v) is 3.35. The van der Waals surface area contributed by atoms with E-state index in [4.69, 9.17) is 34.0 Å². The van der Waals surface area contributed by atoms with Gasteiger partial charge in [0.15, 0.2) is 0 Å². The molecule has 1 aromatic rings. The highest BCUT2D eigenvalue weighted by Gasteiger charge is 2.08. The molecule has 0 aliphatic heterocycles. The van der Waals surface area contributed by atoms with Crippen molar-refractivity contribution in [1.82, 2.24) is 0 Å². The summed E-state index contributed by atoms with van der Waals surface area (Å²) in [6.45, 7) is 0. The molecule has 0 aromatic heterocycles. The molecular formula is C8H7Cl2NO2. The fraction of sp³-hybridized carbons (Fsp3) is 0.125. The van der Waals surface area contributed by atoms with Gasteiger partial charge in [-0.2, -0.15) is 0 Å². The highest BCUT2D eigenvalue weighted by molar-refractivity contribution is 6.36. The second-order valence-electron chi connectivity index (χ2n) is 2.54. The number of nitrogens with two attached hydrogens (primary N) is 1. The molecule has 0 unspecified atom stereocenters. The number of rotatable bonds is 2. The van der Waals surface area contributed by atoms with Crippen molar-refractivity contribution in [3.63, 3.8) is 0 Å². The molecule has 0 saturated carbocycles. The molecule has 0 aliphatic rings. The number of benzene rings is 1. The maximum absolute atomic E-state index is 10.4. The Bertz CT molecular complexity index is 352.